The summed E-state index contributed by atoms with van der Waals surface area (Å²) in [5, 5.41) is 11.5. The van der Waals surface area contributed by atoms with E-state index in [1.54, 1.807) is 7.11 Å². The van der Waals surface area contributed by atoms with Crippen LogP contribution in [0.25, 0.3) is 0 Å². The monoisotopic (exact) mass is 257 g/mol. The molecule has 5 nitrogen and oxygen atoms in total. The molecule has 0 heterocycles. The Kier molecular flexibility index (Phi) is 5.59. The molecule has 0 aliphatic heterocycles. The zero-order chi connectivity index (χ0) is 13.6. The van der Waals surface area contributed by atoms with Gasteiger partial charge < -0.3 is 15.2 Å². The van der Waals surface area contributed by atoms with E-state index in [0.29, 0.717) is 13.2 Å². The first-order chi connectivity index (χ1) is 8.50. The topological polar surface area (TPSA) is 75.6 Å². The molecule has 0 radical (unpaired) electrons. The fourth-order valence-electron chi connectivity index (χ4n) is 2.32. The van der Waals surface area contributed by atoms with Crippen LogP contribution in [0.1, 0.15) is 39.0 Å². The minimum absolute atomic E-state index is 0.0361. The number of nitrogens with one attached hydrogen (secondary N) is 1. The van der Waals surface area contributed by atoms with Crippen molar-refractivity contribution in [1.29, 1.82) is 0 Å². The molecule has 0 saturated heterocycles. The van der Waals surface area contributed by atoms with Gasteiger partial charge in [-0.3, -0.25) is 9.59 Å². The van der Waals surface area contributed by atoms with Crippen molar-refractivity contribution in [3.8, 4) is 0 Å². The lowest BCUT2D eigenvalue weighted by Crippen LogP contribution is -2.47. The second-order valence-corrected chi connectivity index (χ2v) is 5.29. The van der Waals surface area contributed by atoms with Crippen molar-refractivity contribution in [1.82, 2.24) is 5.32 Å². The summed E-state index contributed by atoms with van der Waals surface area (Å²) in [4.78, 5) is 22.7. The first-order valence-electron chi connectivity index (χ1n) is 6.49. The van der Waals surface area contributed by atoms with Crippen LogP contribution in [-0.2, 0) is 14.3 Å². The highest BCUT2D eigenvalue weighted by Crippen LogP contribution is 2.44. The summed E-state index contributed by atoms with van der Waals surface area (Å²) < 4.78 is 5.04. The summed E-state index contributed by atoms with van der Waals surface area (Å²) in [5.41, 5.74) is -0.265. The lowest BCUT2D eigenvalue weighted by Gasteiger charge is -2.40. The number of methoxy groups -OCH3 is 1. The Hall–Kier alpha value is -1.10. The van der Waals surface area contributed by atoms with Gasteiger partial charge in [-0.2, -0.15) is 0 Å². The summed E-state index contributed by atoms with van der Waals surface area (Å²) in [6.45, 7) is 2.86. The highest BCUT2D eigenvalue weighted by molar-refractivity contribution is 5.83. The molecule has 1 saturated carbocycles. The molecule has 18 heavy (non-hydrogen) atoms. The van der Waals surface area contributed by atoms with Crippen LogP contribution in [0.4, 0.5) is 0 Å². The van der Waals surface area contributed by atoms with E-state index in [4.69, 9.17) is 9.84 Å². The van der Waals surface area contributed by atoms with E-state index < -0.39 is 5.97 Å². The van der Waals surface area contributed by atoms with Gasteiger partial charge in [-0.1, -0.05) is 13.3 Å². The summed E-state index contributed by atoms with van der Waals surface area (Å²) >= 11 is 0. The fourth-order valence-corrected chi connectivity index (χ4v) is 2.32. The Morgan fingerprint density at radius 2 is 2.11 bits per heavy atom. The van der Waals surface area contributed by atoms with Gasteiger partial charge in [-0.05, 0) is 25.2 Å². The number of carboxylic acids is 1. The maximum atomic E-state index is 12.1. The number of carbonyl (C=O) groups is 2. The molecule has 1 fully saturated rings. The quantitative estimate of drug-likeness (QED) is 0.689. The molecular weight excluding hydrogens is 234 g/mol. The van der Waals surface area contributed by atoms with Crippen LogP contribution in [0.5, 0.6) is 0 Å². The molecule has 1 aliphatic carbocycles. The van der Waals surface area contributed by atoms with Gasteiger partial charge in [0.2, 0.25) is 5.91 Å². The maximum absolute atomic E-state index is 12.1. The second-order valence-electron chi connectivity index (χ2n) is 5.29. The largest absolute Gasteiger partial charge is 0.481 e. The van der Waals surface area contributed by atoms with Crippen molar-refractivity contribution in [2.45, 2.75) is 39.0 Å². The van der Waals surface area contributed by atoms with Gasteiger partial charge in [0, 0.05) is 26.7 Å². The third kappa shape index (κ3) is 3.98. The molecule has 5 heteroatoms. The predicted molar refractivity (Wildman–Crippen MR) is 67.2 cm³/mol. The van der Waals surface area contributed by atoms with Crippen LogP contribution in [0.15, 0.2) is 0 Å². The van der Waals surface area contributed by atoms with Gasteiger partial charge in [0.05, 0.1) is 5.41 Å². The molecule has 1 atom stereocenters. The molecule has 0 spiro atoms. The SMILES string of the molecule is COCCC1(C(=O)NCC(C)CC(=O)O)CCC1. The number of carbonyl (C=O) groups excluding carboxylic acids is 1. The Balaban J connectivity index is 2.36. The first-order valence-corrected chi connectivity index (χ1v) is 6.49. The Bertz CT molecular complexity index is 299. The standard InChI is InChI=1S/C13H23NO4/c1-10(8-11(15)16)9-14-12(17)13(4-3-5-13)6-7-18-2/h10H,3-9H2,1-2H3,(H,14,17)(H,15,16). The number of amides is 1. The molecule has 0 aromatic carbocycles. The minimum atomic E-state index is -0.825. The van der Waals surface area contributed by atoms with Crippen molar-refractivity contribution in [3.05, 3.63) is 0 Å². The molecule has 0 aromatic heterocycles. The van der Waals surface area contributed by atoms with E-state index in [-0.39, 0.29) is 23.7 Å². The Labute approximate surface area is 108 Å². The highest BCUT2D eigenvalue weighted by atomic mass is 16.5. The van der Waals surface area contributed by atoms with Crippen molar-refractivity contribution in [2.75, 3.05) is 20.3 Å². The number of rotatable bonds is 8. The third-order valence-corrected chi connectivity index (χ3v) is 3.71. The molecule has 1 amide bonds. The number of hydrogen-bond donors (Lipinski definition) is 2. The summed E-state index contributed by atoms with van der Waals surface area (Å²) in [5.74, 6) is -0.802. The lowest BCUT2D eigenvalue weighted by molar-refractivity contribution is -0.140. The van der Waals surface area contributed by atoms with Crippen molar-refractivity contribution < 1.29 is 19.4 Å². The van der Waals surface area contributed by atoms with Crippen molar-refractivity contribution >= 4 is 11.9 Å². The average molecular weight is 257 g/mol. The van der Waals surface area contributed by atoms with E-state index in [0.717, 1.165) is 25.7 Å². The summed E-state index contributed by atoms with van der Waals surface area (Å²) in [6.07, 6.45) is 3.75. The van der Waals surface area contributed by atoms with E-state index >= 15 is 0 Å². The summed E-state index contributed by atoms with van der Waals surface area (Å²) in [6, 6.07) is 0. The minimum Gasteiger partial charge on any atom is -0.481 e. The number of carboxylic acid groups (broad SMARTS) is 1. The van der Waals surface area contributed by atoms with E-state index in [1.165, 1.54) is 0 Å². The number of hydrogen-bond acceptors (Lipinski definition) is 3. The van der Waals surface area contributed by atoms with Crippen LogP contribution in [0.2, 0.25) is 0 Å². The van der Waals surface area contributed by atoms with Crippen LogP contribution in [-0.4, -0.2) is 37.2 Å². The van der Waals surface area contributed by atoms with Gasteiger partial charge in [0.15, 0.2) is 0 Å². The molecular formula is C13H23NO4. The molecule has 104 valence electrons. The summed E-state index contributed by atoms with van der Waals surface area (Å²) in [7, 11) is 1.64. The van der Waals surface area contributed by atoms with Crippen LogP contribution in [0.3, 0.4) is 0 Å². The molecule has 1 aliphatic rings. The number of ether oxygens (including phenoxy) is 1. The van der Waals surface area contributed by atoms with Gasteiger partial charge in [-0.25, -0.2) is 0 Å². The van der Waals surface area contributed by atoms with Crippen LogP contribution < -0.4 is 5.32 Å². The van der Waals surface area contributed by atoms with E-state index in [9.17, 15) is 9.59 Å². The Morgan fingerprint density at radius 1 is 1.44 bits per heavy atom. The lowest BCUT2D eigenvalue weighted by atomic mass is 9.66. The van der Waals surface area contributed by atoms with E-state index in [1.807, 2.05) is 6.92 Å². The second kappa shape index (κ2) is 6.73. The van der Waals surface area contributed by atoms with Crippen molar-refractivity contribution in [3.63, 3.8) is 0 Å². The molecule has 1 rings (SSSR count). The van der Waals surface area contributed by atoms with Crippen LogP contribution >= 0.6 is 0 Å². The average Bonchev–Trinajstić information content (AvgIpc) is 2.24. The zero-order valence-electron chi connectivity index (χ0n) is 11.2. The van der Waals surface area contributed by atoms with Gasteiger partial charge >= 0.3 is 5.97 Å². The van der Waals surface area contributed by atoms with Crippen molar-refractivity contribution in [2.24, 2.45) is 11.3 Å². The normalized spacial score (nSPS) is 18.8. The Morgan fingerprint density at radius 3 is 2.56 bits per heavy atom. The molecule has 0 aromatic rings. The fraction of sp³-hybridized carbons (Fsp3) is 0.846. The smallest absolute Gasteiger partial charge is 0.303 e. The molecule has 2 N–H and O–H groups in total. The highest BCUT2D eigenvalue weighted by Gasteiger charge is 2.43. The maximum Gasteiger partial charge on any atom is 0.303 e. The molecule has 0 bridgehead atoms. The zero-order valence-corrected chi connectivity index (χ0v) is 11.2. The predicted octanol–water partition coefficient (Wildman–Crippen LogP) is 1.42. The van der Waals surface area contributed by atoms with Gasteiger partial charge in [-0.15, -0.1) is 0 Å². The third-order valence-electron chi connectivity index (χ3n) is 3.71. The van der Waals surface area contributed by atoms with Gasteiger partial charge in [0.1, 0.15) is 0 Å². The number of aliphatic carboxylic acids is 1. The molecule has 1 unspecified atom stereocenters. The van der Waals surface area contributed by atoms with E-state index in [2.05, 4.69) is 5.32 Å². The van der Waals surface area contributed by atoms with Crippen LogP contribution in [0, 0.1) is 11.3 Å². The van der Waals surface area contributed by atoms with Gasteiger partial charge in [0.25, 0.3) is 0 Å². The first kappa shape index (κ1) is 15.0.